The molecule has 2 heterocycles. The lowest BCUT2D eigenvalue weighted by Gasteiger charge is -2.22. The van der Waals surface area contributed by atoms with Crippen LogP contribution in [-0.4, -0.2) is 5.21 Å². The van der Waals surface area contributed by atoms with Crippen molar-refractivity contribution in [1.29, 1.82) is 0 Å². The zero-order valence-corrected chi connectivity index (χ0v) is 13.1. The molecule has 0 saturated carbocycles. The number of nitrogens with zero attached hydrogens (tertiary/aromatic N) is 1. The molecule has 0 atom stereocenters. The summed E-state index contributed by atoms with van der Waals surface area (Å²) in [5.74, 6) is 0. The van der Waals surface area contributed by atoms with E-state index in [2.05, 4.69) is 5.32 Å². The monoisotopic (exact) mass is 337 g/mol. The topological polar surface area (TPSA) is 102 Å². The molecule has 4 aromatic rings. The molecule has 0 aliphatic heterocycles. The second kappa shape index (κ2) is 5.66. The van der Waals surface area contributed by atoms with Crippen LogP contribution >= 0.6 is 0 Å². The highest BCUT2D eigenvalue weighted by molar-refractivity contribution is 6.10. The van der Waals surface area contributed by atoms with Crippen LogP contribution in [0.4, 0.5) is 17.1 Å². The van der Waals surface area contributed by atoms with Crippen LogP contribution < -0.4 is 16.2 Å². The average Bonchev–Trinajstić information content (AvgIpc) is 2.98. The molecular weight excluding hydrogens is 324 g/mol. The zero-order valence-electron chi connectivity index (χ0n) is 13.1. The molecule has 0 bridgehead atoms. The molecule has 126 valence electrons. The van der Waals surface area contributed by atoms with Crippen LogP contribution in [0, 0.1) is 12.1 Å². The van der Waals surface area contributed by atoms with E-state index in [-0.39, 0.29) is 10.9 Å². The Hall–Kier alpha value is -3.29. The number of anilines is 3. The lowest BCUT2D eigenvalue weighted by Crippen LogP contribution is -2.06. The van der Waals surface area contributed by atoms with E-state index >= 15 is 0 Å². The largest absolute Gasteiger partial charge is 0.733 e. The first-order valence-corrected chi connectivity index (χ1v) is 7.51. The summed E-state index contributed by atoms with van der Waals surface area (Å²) in [4.78, 5) is 11.8. The molecular formula is C18H13N2O5-. The predicted octanol–water partition coefficient (Wildman–Crippen LogP) is 4.28. The molecule has 7 nitrogen and oxygen atoms in total. The van der Waals surface area contributed by atoms with Gasteiger partial charge in [0.05, 0.1) is 16.8 Å². The third kappa shape index (κ3) is 2.61. The van der Waals surface area contributed by atoms with Crippen molar-refractivity contribution in [1.82, 2.24) is 0 Å². The van der Waals surface area contributed by atoms with Gasteiger partial charge in [0.25, 0.3) is 0 Å². The van der Waals surface area contributed by atoms with Gasteiger partial charge in [-0.2, -0.15) is 0 Å². The standard InChI is InChI=1S/C18H13N2O5/c1-10-7-16(21)25-18-13(10)5-6-15-17(18)14(9-24-15)19-11-3-2-4-12(8-11)20(22)23/h2-9,19,22H,1H3/q-1. The quantitative estimate of drug-likeness (QED) is 0.425. The number of rotatable bonds is 3. The van der Waals surface area contributed by atoms with Gasteiger partial charge >= 0.3 is 5.63 Å². The molecule has 0 unspecified atom stereocenters. The Balaban J connectivity index is 1.89. The SMILES string of the molecule is Cc1cc(=O)oc2c1ccc1occ(Nc3cccc(N([O-])O)c3)c12. The number of benzene rings is 2. The predicted molar refractivity (Wildman–Crippen MR) is 94.4 cm³/mol. The maximum absolute atomic E-state index is 11.8. The van der Waals surface area contributed by atoms with Gasteiger partial charge in [0.15, 0.2) is 5.58 Å². The van der Waals surface area contributed by atoms with E-state index in [4.69, 9.17) is 14.0 Å². The molecule has 25 heavy (non-hydrogen) atoms. The molecule has 0 aliphatic carbocycles. The smallest absolute Gasteiger partial charge is 0.336 e. The molecule has 0 saturated heterocycles. The number of aryl methyl sites for hydroxylation is 1. The van der Waals surface area contributed by atoms with E-state index in [1.165, 1.54) is 24.5 Å². The van der Waals surface area contributed by atoms with Gasteiger partial charge in [0.2, 0.25) is 0 Å². The van der Waals surface area contributed by atoms with Crippen molar-refractivity contribution in [3.63, 3.8) is 0 Å². The highest BCUT2D eigenvalue weighted by Gasteiger charge is 2.14. The second-order valence-electron chi connectivity index (χ2n) is 5.66. The van der Waals surface area contributed by atoms with Crippen molar-refractivity contribution < 1.29 is 14.0 Å². The third-order valence-corrected chi connectivity index (χ3v) is 4.00. The summed E-state index contributed by atoms with van der Waals surface area (Å²) in [6.45, 7) is 1.84. The summed E-state index contributed by atoms with van der Waals surface area (Å²) in [6, 6.07) is 11.4. The van der Waals surface area contributed by atoms with Crippen molar-refractivity contribution in [2.75, 3.05) is 10.5 Å². The summed E-state index contributed by atoms with van der Waals surface area (Å²) in [7, 11) is 0. The van der Waals surface area contributed by atoms with E-state index in [9.17, 15) is 10.0 Å². The van der Waals surface area contributed by atoms with Gasteiger partial charge in [-0.3, -0.25) is 5.21 Å². The van der Waals surface area contributed by atoms with E-state index in [1.807, 2.05) is 13.0 Å². The fourth-order valence-electron chi connectivity index (χ4n) is 2.85. The van der Waals surface area contributed by atoms with E-state index in [0.717, 1.165) is 10.9 Å². The molecule has 7 heteroatoms. The molecule has 0 spiro atoms. The summed E-state index contributed by atoms with van der Waals surface area (Å²) in [5, 5.41) is 24.4. The molecule has 0 radical (unpaired) electrons. The fraction of sp³-hybridized carbons (Fsp3) is 0.0556. The summed E-state index contributed by atoms with van der Waals surface area (Å²) in [5.41, 5.74) is 2.61. The first-order valence-electron chi connectivity index (χ1n) is 7.51. The zero-order chi connectivity index (χ0) is 17.6. The minimum Gasteiger partial charge on any atom is -0.733 e. The Morgan fingerprint density at radius 3 is 2.84 bits per heavy atom. The highest BCUT2D eigenvalue weighted by Crippen LogP contribution is 2.35. The van der Waals surface area contributed by atoms with Crippen molar-refractivity contribution in [3.8, 4) is 0 Å². The molecule has 2 N–H and O–H groups in total. The lowest BCUT2D eigenvalue weighted by atomic mass is 10.1. The van der Waals surface area contributed by atoms with E-state index in [0.29, 0.717) is 27.9 Å². The van der Waals surface area contributed by atoms with Crippen LogP contribution in [0.3, 0.4) is 0 Å². The third-order valence-electron chi connectivity index (χ3n) is 4.00. The number of furan rings is 1. The van der Waals surface area contributed by atoms with Gasteiger partial charge in [-0.05, 0) is 42.8 Å². The van der Waals surface area contributed by atoms with Crippen LogP contribution in [0.2, 0.25) is 0 Å². The Labute approximate surface area is 141 Å². The Kier molecular flexibility index (Phi) is 3.45. The minimum atomic E-state index is -0.436. The summed E-state index contributed by atoms with van der Waals surface area (Å²) >= 11 is 0. The van der Waals surface area contributed by atoms with Gasteiger partial charge < -0.3 is 24.6 Å². The molecule has 0 aliphatic rings. The Bertz CT molecular complexity index is 1140. The van der Waals surface area contributed by atoms with Gasteiger partial charge in [0.1, 0.15) is 11.8 Å². The Morgan fingerprint density at radius 1 is 1.20 bits per heavy atom. The average molecular weight is 337 g/mol. The van der Waals surface area contributed by atoms with Crippen LogP contribution in [0.1, 0.15) is 5.56 Å². The number of hydrogen-bond donors (Lipinski definition) is 2. The number of hydrogen-bond acceptors (Lipinski definition) is 7. The van der Waals surface area contributed by atoms with Crippen molar-refractivity contribution in [3.05, 3.63) is 69.9 Å². The molecule has 0 amide bonds. The highest BCUT2D eigenvalue weighted by atomic mass is 16.8. The Morgan fingerprint density at radius 2 is 2.04 bits per heavy atom. The minimum absolute atomic E-state index is 0.0880. The molecule has 4 rings (SSSR count). The maximum atomic E-state index is 11.8. The normalized spacial score (nSPS) is 11.2. The first kappa shape index (κ1) is 15.3. The first-order chi connectivity index (χ1) is 12.0. The molecule has 0 fully saturated rings. The van der Waals surface area contributed by atoms with Gasteiger partial charge in [-0.1, -0.05) is 6.07 Å². The van der Waals surface area contributed by atoms with Crippen LogP contribution in [0.15, 0.2) is 62.4 Å². The van der Waals surface area contributed by atoms with Crippen molar-refractivity contribution >= 4 is 39.0 Å². The van der Waals surface area contributed by atoms with Crippen LogP contribution in [0.5, 0.6) is 0 Å². The van der Waals surface area contributed by atoms with Crippen molar-refractivity contribution in [2.24, 2.45) is 0 Å². The summed E-state index contributed by atoms with van der Waals surface area (Å²) in [6.07, 6.45) is 1.51. The van der Waals surface area contributed by atoms with E-state index in [1.54, 1.807) is 18.2 Å². The van der Waals surface area contributed by atoms with E-state index < -0.39 is 5.63 Å². The molecule has 2 aromatic carbocycles. The van der Waals surface area contributed by atoms with Gasteiger partial charge in [0, 0.05) is 17.1 Å². The molecule has 2 aromatic heterocycles. The fourth-order valence-corrected chi connectivity index (χ4v) is 2.85. The van der Waals surface area contributed by atoms with Gasteiger partial charge in [-0.25, -0.2) is 4.79 Å². The number of nitrogens with one attached hydrogen (secondary N) is 1. The summed E-state index contributed by atoms with van der Waals surface area (Å²) < 4.78 is 10.9. The van der Waals surface area contributed by atoms with Crippen LogP contribution in [0.25, 0.3) is 21.9 Å². The van der Waals surface area contributed by atoms with Gasteiger partial charge in [-0.15, -0.1) is 0 Å². The van der Waals surface area contributed by atoms with Crippen molar-refractivity contribution in [2.45, 2.75) is 6.92 Å². The number of fused-ring (bicyclic) bond motifs is 3. The lowest BCUT2D eigenvalue weighted by molar-refractivity contribution is 0.296. The van der Waals surface area contributed by atoms with Crippen LogP contribution in [-0.2, 0) is 0 Å². The second-order valence-corrected chi connectivity index (χ2v) is 5.66. The maximum Gasteiger partial charge on any atom is 0.336 e.